The van der Waals surface area contributed by atoms with Gasteiger partial charge >= 0.3 is 17.9 Å². The number of carbonyl (C=O) groups excluding carboxylic acids is 5. The lowest BCUT2D eigenvalue weighted by Crippen LogP contribution is -2.71. The Labute approximate surface area is 405 Å². The largest absolute Gasteiger partial charge is 0.466 e. The summed E-state index contributed by atoms with van der Waals surface area (Å²) in [6, 6.07) is -0.791. The minimum absolute atomic E-state index is 0.0435. The van der Waals surface area contributed by atoms with Crippen LogP contribution in [0.3, 0.4) is 0 Å². The molecule has 1 amide bonds. The van der Waals surface area contributed by atoms with Gasteiger partial charge in [0.25, 0.3) is 0 Å². The molecule has 3 saturated carbocycles. The third kappa shape index (κ3) is 9.82. The fourth-order valence-corrected chi connectivity index (χ4v) is 13.6. The Morgan fingerprint density at radius 1 is 0.942 bits per heavy atom. The number of aliphatic hydroxyl groups is 6. The number of aliphatic hydroxyl groups excluding tert-OH is 4. The van der Waals surface area contributed by atoms with Gasteiger partial charge in [-0.1, -0.05) is 40.7 Å². The molecule has 19 atom stereocenters. The van der Waals surface area contributed by atoms with Gasteiger partial charge in [0.15, 0.2) is 11.5 Å². The maximum absolute atomic E-state index is 17.9. The zero-order valence-corrected chi connectivity index (χ0v) is 42.6. The highest BCUT2D eigenvalue weighted by Crippen LogP contribution is 2.71. The number of ketones is 1. The predicted molar refractivity (Wildman–Crippen MR) is 248 cm³/mol. The summed E-state index contributed by atoms with van der Waals surface area (Å²) in [5.74, 6) is -8.58. The number of amides is 1. The van der Waals surface area contributed by atoms with Gasteiger partial charge in [0.2, 0.25) is 11.5 Å². The van der Waals surface area contributed by atoms with Crippen LogP contribution in [0.4, 0.5) is 8.78 Å². The average Bonchev–Trinajstić information content (AvgIpc) is 3.49. The number of hydrogen-bond donors (Lipinski definition) is 6. The molecule has 5 aliphatic rings. The van der Waals surface area contributed by atoms with Crippen molar-refractivity contribution < 1.29 is 77.6 Å². The first-order chi connectivity index (χ1) is 31.8. The number of cyclic esters (lactones) is 1. The number of ether oxygens (including phenoxy) is 3. The van der Waals surface area contributed by atoms with Crippen LogP contribution in [0, 0.1) is 46.3 Å². The van der Waals surface area contributed by atoms with Crippen molar-refractivity contribution in [3.05, 3.63) is 23.8 Å². The molecule has 2 unspecified atom stereocenters. The zero-order chi connectivity index (χ0) is 52.1. The van der Waals surface area contributed by atoms with Crippen LogP contribution >= 0.6 is 0 Å². The molecule has 0 aromatic heterocycles. The van der Waals surface area contributed by atoms with Gasteiger partial charge in [-0.2, -0.15) is 0 Å². The minimum Gasteiger partial charge on any atom is -0.466 e. The molecule has 1 aliphatic heterocycles. The van der Waals surface area contributed by atoms with E-state index in [9.17, 15) is 54.6 Å². The van der Waals surface area contributed by atoms with Gasteiger partial charge in [-0.25, -0.2) is 13.6 Å². The number of methoxy groups -OCH3 is 1. The second-order valence-electron chi connectivity index (χ2n) is 22.3. The lowest BCUT2D eigenvalue weighted by molar-refractivity contribution is -0.238. The highest BCUT2D eigenvalue weighted by atomic mass is 19.1. The fourth-order valence-electron chi connectivity index (χ4n) is 13.6. The Kier molecular flexibility index (Phi) is 16.9. The van der Waals surface area contributed by atoms with Crippen LogP contribution in [0.5, 0.6) is 0 Å². The predicted octanol–water partition coefficient (Wildman–Crippen LogP) is 3.54. The quantitative estimate of drug-likeness (QED) is 0.136. The van der Waals surface area contributed by atoms with E-state index < -0.39 is 129 Å². The van der Waals surface area contributed by atoms with Gasteiger partial charge in [0.1, 0.15) is 24.0 Å². The number of esters is 3. The Morgan fingerprint density at radius 3 is 2.17 bits per heavy atom. The number of hydrogen-bond acceptors (Lipinski definition) is 15. The molecule has 0 aromatic carbocycles. The summed E-state index contributed by atoms with van der Waals surface area (Å²) in [5, 5.41) is 69.4. The molecule has 4 aliphatic carbocycles. The van der Waals surface area contributed by atoms with Crippen molar-refractivity contribution in [2.24, 2.45) is 46.3 Å². The first-order valence-electron chi connectivity index (χ1n) is 24.8. The second-order valence-corrected chi connectivity index (χ2v) is 22.3. The molecule has 1 saturated heterocycles. The number of allylic oxidation sites excluding steroid dienone is 4. The van der Waals surface area contributed by atoms with Gasteiger partial charge in [0, 0.05) is 67.7 Å². The zero-order valence-electron chi connectivity index (χ0n) is 42.6. The van der Waals surface area contributed by atoms with Gasteiger partial charge in [0.05, 0.1) is 43.4 Å². The van der Waals surface area contributed by atoms with E-state index in [0.29, 0.717) is 0 Å². The number of rotatable bonds is 10. The number of alkyl halides is 2. The maximum Gasteiger partial charge on any atom is 0.351 e. The standard InChI is InChI=1S/C51H80F2N2O14/c1-13-39-49(11,66)43(62)31(6)55(26-27(2)24-48(10,65)42(61)29(4)41(60)30(5)44(63)68-39)19-14-18-54(32(7)56)20-16-40(59)69-51(45(64)67-12)28(3)21-34-35-23-37(52)36-22-33(57)15-17-46(36,8)50(35,53)38(58)25-47(34,51)9/h15,17,22,27-31,34-35,37-39,41-43,58,60-62,65-66H,13-14,16,18-21,23-26H2,1-12H3/t27-,28-,29+,30-,31-,34?,35?,37+,38+,39-,41+,42-,43-,46+,47+,48-,49-,50+,51+/m1/s1. The van der Waals surface area contributed by atoms with Crippen LogP contribution in [-0.4, -0.2) is 169 Å². The Balaban J connectivity index is 1.34. The van der Waals surface area contributed by atoms with E-state index in [1.165, 1.54) is 58.6 Å². The van der Waals surface area contributed by atoms with E-state index in [1.54, 1.807) is 27.7 Å². The summed E-state index contributed by atoms with van der Waals surface area (Å²) in [7, 11) is 1.14. The molecule has 4 fully saturated rings. The average molecular weight is 983 g/mol. The third-order valence-corrected chi connectivity index (χ3v) is 17.6. The van der Waals surface area contributed by atoms with Crippen LogP contribution in [0.1, 0.15) is 121 Å². The normalized spacial score (nSPS) is 45.4. The fraction of sp³-hybridized carbons (Fsp3) is 0.824. The molecular formula is C51H80F2N2O14. The molecule has 1 heterocycles. The molecule has 0 aromatic rings. The SMILES string of the molecule is CC[C@H]1OC(=O)[C@H](C)[C@@H](O)[C@H](C)[C@@H](O)[C@](C)(O)C[C@@H](C)CN(CCCN(CCC(=O)O[C@]2(C(=O)OC)[C@H](C)CC3C4C[C@H](F)C5=CC(=O)C=C[C@]5(C)[C@@]4(F)[C@@H](O)C[C@@]32C)C(C)=O)[C@H](C)[C@@H](O)[C@]1(C)O. The van der Waals surface area contributed by atoms with Crippen molar-refractivity contribution >= 4 is 29.6 Å². The van der Waals surface area contributed by atoms with Crippen molar-refractivity contribution in [2.75, 3.05) is 33.3 Å². The smallest absolute Gasteiger partial charge is 0.351 e. The van der Waals surface area contributed by atoms with E-state index in [-0.39, 0.29) is 88.5 Å². The molecule has 69 heavy (non-hydrogen) atoms. The van der Waals surface area contributed by atoms with Gasteiger partial charge in [-0.3, -0.25) is 24.1 Å². The van der Waals surface area contributed by atoms with E-state index >= 15 is 8.78 Å². The summed E-state index contributed by atoms with van der Waals surface area (Å²) in [5.41, 5.74) is -11.3. The van der Waals surface area contributed by atoms with Crippen LogP contribution < -0.4 is 0 Å². The summed E-state index contributed by atoms with van der Waals surface area (Å²) in [6.45, 7) is 17.5. The molecule has 16 nitrogen and oxygen atoms in total. The van der Waals surface area contributed by atoms with Crippen LogP contribution in [-0.2, 0) is 38.2 Å². The van der Waals surface area contributed by atoms with Crippen LogP contribution in [0.2, 0.25) is 0 Å². The number of carbonyl (C=O) groups is 5. The molecule has 6 N–H and O–H groups in total. The molecule has 18 heteroatoms. The molecule has 0 bridgehead atoms. The van der Waals surface area contributed by atoms with Gasteiger partial charge in [-0.05, 0) is 103 Å². The molecular weight excluding hydrogens is 903 g/mol. The Hall–Kier alpha value is -3.39. The molecule has 5 rings (SSSR count). The maximum atomic E-state index is 17.9. The molecule has 0 spiro atoms. The van der Waals surface area contributed by atoms with Crippen molar-refractivity contribution in [3.8, 4) is 0 Å². The Morgan fingerprint density at radius 2 is 1.58 bits per heavy atom. The van der Waals surface area contributed by atoms with Crippen molar-refractivity contribution in [3.63, 3.8) is 0 Å². The van der Waals surface area contributed by atoms with Gasteiger partial charge in [-0.15, -0.1) is 0 Å². The van der Waals surface area contributed by atoms with Gasteiger partial charge < -0.3 is 49.7 Å². The lowest BCUT2D eigenvalue weighted by atomic mass is 9.44. The summed E-state index contributed by atoms with van der Waals surface area (Å²) < 4.78 is 51.2. The van der Waals surface area contributed by atoms with Crippen LogP contribution in [0.15, 0.2) is 23.8 Å². The molecule has 0 radical (unpaired) electrons. The number of nitrogens with zero attached hydrogens (tertiary/aromatic N) is 2. The third-order valence-electron chi connectivity index (χ3n) is 17.6. The number of fused-ring (bicyclic) bond motifs is 5. The highest BCUT2D eigenvalue weighted by molar-refractivity contribution is 6.01. The summed E-state index contributed by atoms with van der Waals surface area (Å²) >= 11 is 0. The van der Waals surface area contributed by atoms with Crippen molar-refractivity contribution in [1.82, 2.24) is 9.80 Å². The van der Waals surface area contributed by atoms with Crippen LogP contribution in [0.25, 0.3) is 0 Å². The van der Waals surface area contributed by atoms with Crippen molar-refractivity contribution in [1.29, 1.82) is 0 Å². The molecule has 392 valence electrons. The second kappa shape index (κ2) is 20.6. The summed E-state index contributed by atoms with van der Waals surface area (Å²) in [6.07, 6.45) is -5.91. The minimum atomic E-state index is -2.43. The van der Waals surface area contributed by atoms with E-state index in [4.69, 9.17) is 14.2 Å². The highest BCUT2D eigenvalue weighted by Gasteiger charge is 2.78. The summed E-state index contributed by atoms with van der Waals surface area (Å²) in [4.78, 5) is 70.1. The first kappa shape index (κ1) is 56.5. The number of halogens is 2. The van der Waals surface area contributed by atoms with E-state index in [0.717, 1.165) is 13.2 Å². The lowest BCUT2D eigenvalue weighted by Gasteiger charge is -2.63. The Bertz CT molecular complexity index is 2000. The van der Waals surface area contributed by atoms with E-state index in [1.807, 2.05) is 11.8 Å². The van der Waals surface area contributed by atoms with E-state index in [2.05, 4.69) is 0 Å². The van der Waals surface area contributed by atoms with Crippen molar-refractivity contribution in [2.45, 2.75) is 186 Å². The monoisotopic (exact) mass is 983 g/mol. The topological polar surface area (TPSA) is 241 Å². The first-order valence-corrected chi connectivity index (χ1v) is 24.8.